The molecule has 0 N–H and O–H groups in total. The molecule has 2 heterocycles. The van der Waals surface area contributed by atoms with Crippen molar-refractivity contribution in [2.45, 2.75) is 57.8 Å². The number of hydrogen-bond donors (Lipinski definition) is 0. The molecule has 2 aromatic heterocycles. The average molecular weight is 1080 g/mol. The fraction of sp³-hybridized carbons (Fsp3) is 0.111. The molecule has 3 nitrogen and oxygen atoms in total. The summed E-state index contributed by atoms with van der Waals surface area (Å²) in [5.41, 5.74) is 30.7. The van der Waals surface area contributed by atoms with Gasteiger partial charge in [-0.3, -0.25) is 0 Å². The minimum absolute atomic E-state index is 0.257. The molecule has 3 aliphatic carbocycles. The van der Waals surface area contributed by atoms with E-state index in [0.29, 0.717) is 0 Å². The molecule has 0 saturated carbocycles. The van der Waals surface area contributed by atoms with E-state index in [1.807, 2.05) is 0 Å². The van der Waals surface area contributed by atoms with E-state index in [4.69, 9.17) is 8.83 Å². The predicted octanol–water partition coefficient (Wildman–Crippen LogP) is 22.5. The second kappa shape index (κ2) is 17.5. The lowest BCUT2D eigenvalue weighted by atomic mass is 9.72. The van der Waals surface area contributed by atoms with Gasteiger partial charge in [0.1, 0.15) is 22.3 Å². The average Bonchev–Trinajstić information content (AvgIpc) is 1.53. The maximum Gasteiger partial charge on any atom is 0.144 e. The molecule has 0 atom stereocenters. The van der Waals surface area contributed by atoms with Crippen molar-refractivity contribution in [1.82, 2.24) is 0 Å². The van der Waals surface area contributed by atoms with Crippen LogP contribution in [0.3, 0.4) is 0 Å². The Hall–Kier alpha value is -9.96. The van der Waals surface area contributed by atoms with E-state index in [-0.39, 0.29) is 5.41 Å². The molecule has 3 heteroatoms. The topological polar surface area (TPSA) is 29.5 Å². The van der Waals surface area contributed by atoms with Crippen LogP contribution in [0.4, 0.5) is 17.1 Å². The van der Waals surface area contributed by atoms with Gasteiger partial charge in [0, 0.05) is 71.4 Å². The molecule has 14 aromatic rings. The zero-order valence-corrected chi connectivity index (χ0v) is 47.9. The van der Waals surface area contributed by atoms with Crippen LogP contribution in [0.1, 0.15) is 74.9 Å². The van der Waals surface area contributed by atoms with Crippen LogP contribution >= 0.6 is 0 Å². The highest BCUT2D eigenvalue weighted by Crippen LogP contribution is 2.64. The molecule has 17 rings (SSSR count). The van der Waals surface area contributed by atoms with Gasteiger partial charge in [-0.1, -0.05) is 248 Å². The van der Waals surface area contributed by atoms with Crippen molar-refractivity contribution in [1.29, 1.82) is 0 Å². The van der Waals surface area contributed by atoms with Gasteiger partial charge in [-0.05, 0) is 131 Å². The van der Waals surface area contributed by atoms with Gasteiger partial charge in [-0.15, -0.1) is 0 Å². The van der Waals surface area contributed by atoms with Crippen LogP contribution in [0.25, 0.3) is 122 Å². The second-order valence-corrected chi connectivity index (χ2v) is 25.0. The van der Waals surface area contributed by atoms with Crippen molar-refractivity contribution in [3.8, 4) is 77.9 Å². The molecule has 0 aliphatic heterocycles. The Morgan fingerprint density at radius 2 is 0.714 bits per heavy atom. The van der Waals surface area contributed by atoms with Gasteiger partial charge in [0.15, 0.2) is 0 Å². The van der Waals surface area contributed by atoms with Crippen molar-refractivity contribution in [3.63, 3.8) is 0 Å². The normalized spacial score (nSPS) is 14.6. The summed E-state index contributed by atoms with van der Waals surface area (Å²) in [6, 6.07) is 91.7. The van der Waals surface area contributed by atoms with Crippen LogP contribution in [0.15, 0.2) is 258 Å². The Morgan fingerprint density at radius 1 is 0.286 bits per heavy atom. The number of rotatable bonds is 7. The number of hydrogen-bond acceptors (Lipinski definition) is 3. The Labute approximate surface area is 489 Å². The number of nitrogens with zero attached hydrogens (tertiary/aromatic N) is 1. The van der Waals surface area contributed by atoms with E-state index in [9.17, 15) is 0 Å². The zero-order chi connectivity index (χ0) is 56.4. The fourth-order valence-corrected chi connectivity index (χ4v) is 15.5. The van der Waals surface area contributed by atoms with E-state index in [2.05, 4.69) is 295 Å². The van der Waals surface area contributed by atoms with Gasteiger partial charge in [0.25, 0.3) is 0 Å². The first-order valence-corrected chi connectivity index (χ1v) is 29.6. The van der Waals surface area contributed by atoms with E-state index < -0.39 is 10.8 Å². The molecule has 400 valence electrons. The summed E-state index contributed by atoms with van der Waals surface area (Å²) in [6.45, 7) is 14.6. The van der Waals surface area contributed by atoms with Crippen LogP contribution in [0.5, 0.6) is 0 Å². The highest BCUT2D eigenvalue weighted by Gasteiger charge is 2.49. The van der Waals surface area contributed by atoms with Gasteiger partial charge < -0.3 is 13.7 Å². The minimum atomic E-state index is -0.413. The van der Waals surface area contributed by atoms with Crippen molar-refractivity contribution < 1.29 is 8.83 Å². The molecule has 3 aliphatic rings. The molecule has 12 aromatic carbocycles. The number of benzene rings is 12. The van der Waals surface area contributed by atoms with Gasteiger partial charge in [-0.2, -0.15) is 0 Å². The van der Waals surface area contributed by atoms with Crippen LogP contribution < -0.4 is 4.90 Å². The third kappa shape index (κ3) is 6.69. The first-order valence-electron chi connectivity index (χ1n) is 29.6. The zero-order valence-electron chi connectivity index (χ0n) is 47.9. The Balaban J connectivity index is 0.911. The fourth-order valence-electron chi connectivity index (χ4n) is 15.5. The standard InChI is InChI=1S/C81H59NO2/c1-79(2)64-45-53(41-43-58(64)69-66(79)47-62(77-71(69)60-30-17-20-35-67(60)83-77)52-39-37-49(38-40-52)48-23-10-7-11-24-48)82(76-55(50-25-12-8-13-26-50)32-22-33-56(76)51-27-14-9-15-28-51)54-42-44-59-65(46-54)81(5,6)75-73(59)78-72(61-31-18-21-36-68(61)84-78)70-57-29-16-19-34-63(57)80(3,4)74(70)75/h7-47H,1-6H3. The molecule has 0 fully saturated rings. The van der Waals surface area contributed by atoms with Crippen LogP contribution in [-0.2, 0) is 16.2 Å². The smallest absolute Gasteiger partial charge is 0.144 e. The van der Waals surface area contributed by atoms with E-state index in [1.165, 1.54) is 88.7 Å². The van der Waals surface area contributed by atoms with E-state index in [1.54, 1.807) is 0 Å². The van der Waals surface area contributed by atoms with Gasteiger partial charge in [0.2, 0.25) is 0 Å². The molecule has 0 bridgehead atoms. The van der Waals surface area contributed by atoms with E-state index >= 15 is 0 Å². The summed E-state index contributed by atoms with van der Waals surface area (Å²) in [5, 5.41) is 4.67. The van der Waals surface area contributed by atoms with Crippen LogP contribution in [0.2, 0.25) is 0 Å². The summed E-state index contributed by atoms with van der Waals surface area (Å²) in [7, 11) is 0. The van der Waals surface area contributed by atoms with Gasteiger partial charge in [-0.25, -0.2) is 0 Å². The summed E-state index contributed by atoms with van der Waals surface area (Å²) in [4.78, 5) is 2.58. The third-order valence-corrected chi connectivity index (χ3v) is 19.4. The molecule has 0 amide bonds. The number of furan rings is 2. The van der Waals surface area contributed by atoms with E-state index in [0.717, 1.165) is 83.5 Å². The minimum Gasteiger partial charge on any atom is -0.455 e. The van der Waals surface area contributed by atoms with Crippen molar-refractivity contribution in [2.24, 2.45) is 0 Å². The second-order valence-electron chi connectivity index (χ2n) is 25.0. The van der Waals surface area contributed by atoms with Gasteiger partial charge in [0.05, 0.1) is 5.69 Å². The van der Waals surface area contributed by atoms with Crippen LogP contribution in [-0.4, -0.2) is 0 Å². The number of anilines is 3. The predicted molar refractivity (Wildman–Crippen MR) is 350 cm³/mol. The highest BCUT2D eigenvalue weighted by atomic mass is 16.3. The largest absolute Gasteiger partial charge is 0.455 e. The molecule has 0 saturated heterocycles. The lowest BCUT2D eigenvalue weighted by Crippen LogP contribution is -2.24. The number of para-hydroxylation sites is 3. The summed E-state index contributed by atoms with van der Waals surface area (Å²) < 4.78 is 14.2. The number of fused-ring (bicyclic) bond motifs is 19. The van der Waals surface area contributed by atoms with Crippen molar-refractivity contribution in [2.75, 3.05) is 4.90 Å². The van der Waals surface area contributed by atoms with Crippen LogP contribution in [0, 0.1) is 0 Å². The summed E-state index contributed by atoms with van der Waals surface area (Å²) in [5.74, 6) is 0. The molecular weight excluding hydrogens is 1020 g/mol. The Bertz CT molecular complexity index is 5020. The lowest BCUT2D eigenvalue weighted by molar-refractivity contribution is 0.600. The highest BCUT2D eigenvalue weighted by molar-refractivity contribution is 6.22. The molecular formula is C81H59NO2. The van der Waals surface area contributed by atoms with Crippen molar-refractivity contribution in [3.05, 3.63) is 282 Å². The molecule has 0 spiro atoms. The molecule has 84 heavy (non-hydrogen) atoms. The Morgan fingerprint density at radius 3 is 1.33 bits per heavy atom. The maximum atomic E-state index is 7.17. The van der Waals surface area contributed by atoms with Crippen molar-refractivity contribution >= 4 is 60.9 Å². The molecule has 0 radical (unpaired) electrons. The maximum absolute atomic E-state index is 7.17. The SMILES string of the molecule is CC1(C)c2cc(N(c3ccc4c(c3)C(C)(C)c3c5c(c6c(oc7ccccc76)c3-4)-c3ccccc3C5(C)C)c3c(-c4ccccc4)cccc3-c3ccccc3)ccc2-c2c1cc(-c1ccc(-c3ccccc3)cc1)c1oc3ccccc3c21. The summed E-state index contributed by atoms with van der Waals surface area (Å²) >= 11 is 0. The first kappa shape index (κ1) is 48.7. The summed E-state index contributed by atoms with van der Waals surface area (Å²) in [6.07, 6.45) is 0. The Kier molecular flexibility index (Phi) is 10.2. The lowest BCUT2D eigenvalue weighted by Gasteiger charge is -2.33. The molecule has 0 unspecified atom stereocenters. The quantitative estimate of drug-likeness (QED) is 0.159. The monoisotopic (exact) mass is 1080 g/mol. The third-order valence-electron chi connectivity index (χ3n) is 19.4. The van der Waals surface area contributed by atoms with Gasteiger partial charge >= 0.3 is 0 Å². The first-order chi connectivity index (χ1) is 41.0.